The van der Waals surface area contributed by atoms with Gasteiger partial charge in [-0.25, -0.2) is 0 Å². The van der Waals surface area contributed by atoms with Gasteiger partial charge in [0.05, 0.1) is 12.7 Å². The van der Waals surface area contributed by atoms with Crippen molar-refractivity contribution in [3.05, 3.63) is 0 Å². The van der Waals surface area contributed by atoms with Gasteiger partial charge in [-0.15, -0.1) is 0 Å². The van der Waals surface area contributed by atoms with E-state index >= 15 is 0 Å². The summed E-state index contributed by atoms with van der Waals surface area (Å²) in [5.41, 5.74) is 9.78. The molecular weight excluding hydrogens is 262 g/mol. The number of carbonyl (C=O) groups excluding carboxylic acids is 2. The molecular formula is C13H25N3O4. The third-order valence-corrected chi connectivity index (χ3v) is 4.01. The average molecular weight is 287 g/mol. The highest BCUT2D eigenvalue weighted by Crippen LogP contribution is 2.49. The van der Waals surface area contributed by atoms with E-state index in [1.807, 2.05) is 20.8 Å². The molecule has 116 valence electrons. The lowest BCUT2D eigenvalue weighted by atomic mass is 9.54. The molecule has 0 heterocycles. The molecule has 1 fully saturated rings. The zero-order valence-corrected chi connectivity index (χ0v) is 12.4. The largest absolute Gasteiger partial charge is 0.378 e. The van der Waals surface area contributed by atoms with Crippen LogP contribution in [0.4, 0.5) is 0 Å². The minimum atomic E-state index is -0.934. The van der Waals surface area contributed by atoms with E-state index in [2.05, 4.69) is 5.32 Å². The van der Waals surface area contributed by atoms with E-state index in [0.717, 1.165) is 0 Å². The standard InChI is InChI=1S/C13H25N3O4/c1-4-20-9-7-13(15,12(9,2)3)11(18)16-5-6-19-8-10(14)17/h9H,4-8,15H2,1-3H3,(H2,14,17)(H,16,18). The number of nitrogens with one attached hydrogen (secondary N) is 1. The van der Waals surface area contributed by atoms with Crippen LogP contribution in [0.25, 0.3) is 0 Å². The normalized spacial score (nSPS) is 27.7. The molecule has 1 saturated carbocycles. The zero-order chi connectivity index (χ0) is 15.4. The summed E-state index contributed by atoms with van der Waals surface area (Å²) in [7, 11) is 0. The van der Waals surface area contributed by atoms with Crippen molar-refractivity contribution in [2.45, 2.75) is 38.8 Å². The lowest BCUT2D eigenvalue weighted by Gasteiger charge is -2.57. The summed E-state index contributed by atoms with van der Waals surface area (Å²) in [6.45, 7) is 6.75. The molecule has 1 aliphatic carbocycles. The van der Waals surface area contributed by atoms with Crippen LogP contribution in [0.3, 0.4) is 0 Å². The van der Waals surface area contributed by atoms with Crippen LogP contribution in [0.2, 0.25) is 0 Å². The molecule has 1 rings (SSSR count). The van der Waals surface area contributed by atoms with Gasteiger partial charge in [-0.05, 0) is 6.92 Å². The van der Waals surface area contributed by atoms with Crippen LogP contribution in [0.1, 0.15) is 27.2 Å². The highest BCUT2D eigenvalue weighted by molar-refractivity contribution is 5.88. The molecule has 0 aliphatic heterocycles. The Morgan fingerprint density at radius 2 is 2.05 bits per heavy atom. The maximum atomic E-state index is 12.2. The van der Waals surface area contributed by atoms with Crippen molar-refractivity contribution in [1.82, 2.24) is 5.32 Å². The van der Waals surface area contributed by atoms with Gasteiger partial charge in [0.25, 0.3) is 0 Å². The first-order chi connectivity index (χ1) is 9.25. The van der Waals surface area contributed by atoms with Crippen molar-refractivity contribution >= 4 is 11.8 Å². The van der Waals surface area contributed by atoms with Crippen molar-refractivity contribution < 1.29 is 19.1 Å². The molecule has 0 bridgehead atoms. The van der Waals surface area contributed by atoms with E-state index in [1.165, 1.54) is 0 Å². The van der Waals surface area contributed by atoms with E-state index in [0.29, 0.717) is 19.6 Å². The average Bonchev–Trinajstić information content (AvgIpc) is 2.37. The highest BCUT2D eigenvalue weighted by Gasteiger charge is 2.62. The summed E-state index contributed by atoms with van der Waals surface area (Å²) in [4.78, 5) is 22.6. The SMILES string of the molecule is CCOC1CC(N)(C(=O)NCCOCC(N)=O)C1(C)C. The lowest BCUT2D eigenvalue weighted by Crippen LogP contribution is -2.75. The van der Waals surface area contributed by atoms with Crippen LogP contribution in [0.5, 0.6) is 0 Å². The lowest BCUT2D eigenvalue weighted by molar-refractivity contribution is -0.170. The predicted molar refractivity (Wildman–Crippen MR) is 73.8 cm³/mol. The van der Waals surface area contributed by atoms with Gasteiger partial charge in [0.2, 0.25) is 11.8 Å². The first kappa shape index (κ1) is 16.9. The van der Waals surface area contributed by atoms with Crippen molar-refractivity contribution in [1.29, 1.82) is 0 Å². The Labute approximate surface area is 119 Å². The molecule has 2 amide bonds. The molecule has 0 spiro atoms. The van der Waals surface area contributed by atoms with E-state index in [9.17, 15) is 9.59 Å². The van der Waals surface area contributed by atoms with E-state index in [4.69, 9.17) is 20.9 Å². The van der Waals surface area contributed by atoms with Crippen LogP contribution in [0, 0.1) is 5.41 Å². The van der Waals surface area contributed by atoms with Gasteiger partial charge < -0.3 is 26.3 Å². The molecule has 2 atom stereocenters. The molecule has 0 radical (unpaired) electrons. The molecule has 2 unspecified atom stereocenters. The molecule has 0 aromatic heterocycles. The predicted octanol–water partition coefficient (Wildman–Crippen LogP) is -0.863. The molecule has 5 N–H and O–H groups in total. The minimum absolute atomic E-state index is 0.00522. The van der Waals surface area contributed by atoms with Crippen molar-refractivity contribution in [2.24, 2.45) is 16.9 Å². The second kappa shape index (κ2) is 6.51. The number of hydrogen-bond donors (Lipinski definition) is 3. The molecule has 20 heavy (non-hydrogen) atoms. The summed E-state index contributed by atoms with van der Waals surface area (Å²) in [5.74, 6) is -0.757. The van der Waals surface area contributed by atoms with Crippen molar-refractivity contribution in [3.63, 3.8) is 0 Å². The fourth-order valence-electron chi connectivity index (χ4n) is 2.39. The van der Waals surface area contributed by atoms with Gasteiger partial charge >= 0.3 is 0 Å². The summed E-state index contributed by atoms with van der Waals surface area (Å²) in [6.07, 6.45) is 0.497. The molecule has 1 aliphatic rings. The molecule has 0 saturated heterocycles. The molecule has 0 aromatic carbocycles. The number of nitrogens with two attached hydrogens (primary N) is 2. The number of ether oxygens (including phenoxy) is 2. The summed E-state index contributed by atoms with van der Waals surface area (Å²) in [5, 5.41) is 2.72. The summed E-state index contributed by atoms with van der Waals surface area (Å²) < 4.78 is 10.5. The first-order valence-electron chi connectivity index (χ1n) is 6.80. The Balaban J connectivity index is 2.38. The van der Waals surface area contributed by atoms with Crippen molar-refractivity contribution in [2.75, 3.05) is 26.4 Å². The zero-order valence-electron chi connectivity index (χ0n) is 12.4. The van der Waals surface area contributed by atoms with Crippen LogP contribution in [0.15, 0.2) is 0 Å². The second-order valence-corrected chi connectivity index (χ2v) is 5.62. The maximum Gasteiger partial charge on any atom is 0.243 e. The number of carbonyl (C=O) groups is 2. The van der Waals surface area contributed by atoms with Gasteiger partial charge in [0.15, 0.2) is 0 Å². The van der Waals surface area contributed by atoms with Gasteiger partial charge in [0, 0.05) is 25.0 Å². The number of rotatable bonds is 8. The highest BCUT2D eigenvalue weighted by atomic mass is 16.5. The van der Waals surface area contributed by atoms with E-state index in [1.54, 1.807) is 0 Å². The van der Waals surface area contributed by atoms with Gasteiger partial charge in [-0.3, -0.25) is 9.59 Å². The Kier molecular flexibility index (Phi) is 5.50. The number of hydrogen-bond acceptors (Lipinski definition) is 5. The number of primary amides is 1. The van der Waals surface area contributed by atoms with Gasteiger partial charge in [-0.2, -0.15) is 0 Å². The van der Waals surface area contributed by atoms with Gasteiger partial charge in [-0.1, -0.05) is 13.8 Å². The molecule has 7 nitrogen and oxygen atoms in total. The summed E-state index contributed by atoms with van der Waals surface area (Å²) in [6, 6.07) is 0. The fourth-order valence-corrected chi connectivity index (χ4v) is 2.39. The Morgan fingerprint density at radius 3 is 2.55 bits per heavy atom. The Bertz CT molecular complexity index is 373. The first-order valence-corrected chi connectivity index (χ1v) is 6.80. The quantitative estimate of drug-likeness (QED) is 0.502. The van der Waals surface area contributed by atoms with E-state index < -0.39 is 16.9 Å². The van der Waals surface area contributed by atoms with Crippen LogP contribution in [-0.4, -0.2) is 49.8 Å². The smallest absolute Gasteiger partial charge is 0.243 e. The third-order valence-electron chi connectivity index (χ3n) is 4.01. The Morgan fingerprint density at radius 1 is 1.40 bits per heavy atom. The van der Waals surface area contributed by atoms with Crippen molar-refractivity contribution in [3.8, 4) is 0 Å². The maximum absolute atomic E-state index is 12.2. The summed E-state index contributed by atoms with van der Waals surface area (Å²) >= 11 is 0. The third kappa shape index (κ3) is 3.28. The molecule has 7 heteroatoms. The van der Waals surface area contributed by atoms with Crippen LogP contribution < -0.4 is 16.8 Å². The topological polar surface area (TPSA) is 117 Å². The Hall–Kier alpha value is -1.18. The van der Waals surface area contributed by atoms with Crippen LogP contribution in [-0.2, 0) is 19.1 Å². The van der Waals surface area contributed by atoms with Crippen LogP contribution >= 0.6 is 0 Å². The monoisotopic (exact) mass is 287 g/mol. The number of amides is 2. The molecule has 0 aromatic rings. The second-order valence-electron chi connectivity index (χ2n) is 5.62. The minimum Gasteiger partial charge on any atom is -0.378 e. The fraction of sp³-hybridized carbons (Fsp3) is 0.846. The van der Waals surface area contributed by atoms with E-state index in [-0.39, 0.29) is 25.2 Å². The van der Waals surface area contributed by atoms with Gasteiger partial charge in [0.1, 0.15) is 12.1 Å².